The molecule has 2 atom stereocenters. The minimum Gasteiger partial charge on any atom is -0.390 e. The Morgan fingerprint density at radius 2 is 1.24 bits per heavy atom. The van der Waals surface area contributed by atoms with E-state index in [1.165, 1.54) is 44.9 Å². The minimum absolute atomic E-state index is 0.561. The summed E-state index contributed by atoms with van der Waals surface area (Å²) in [7, 11) is 0. The molecular formula is C19H38O2. The molecule has 2 N–H and O–H groups in total. The van der Waals surface area contributed by atoms with Crippen LogP contribution in [0.5, 0.6) is 0 Å². The van der Waals surface area contributed by atoms with Gasteiger partial charge >= 0.3 is 0 Å². The van der Waals surface area contributed by atoms with Crippen molar-refractivity contribution in [2.45, 2.75) is 104 Å². The Balaban J connectivity index is 3.47. The lowest BCUT2D eigenvalue weighted by atomic mass is 10.0. The molecule has 0 aliphatic carbocycles. The summed E-state index contributed by atoms with van der Waals surface area (Å²) in [5.74, 6) is 0.653. The molecule has 0 unspecified atom stereocenters. The van der Waals surface area contributed by atoms with Crippen LogP contribution in [-0.4, -0.2) is 22.4 Å². The Morgan fingerprint density at radius 3 is 1.81 bits per heavy atom. The summed E-state index contributed by atoms with van der Waals surface area (Å²) in [6.07, 6.45) is 15.5. The van der Waals surface area contributed by atoms with Gasteiger partial charge in [0.1, 0.15) is 0 Å². The van der Waals surface area contributed by atoms with Crippen LogP contribution in [0, 0.1) is 5.92 Å². The summed E-state index contributed by atoms with van der Waals surface area (Å²) in [4.78, 5) is 0. The zero-order valence-corrected chi connectivity index (χ0v) is 14.6. The van der Waals surface area contributed by atoms with Crippen LogP contribution in [0.25, 0.3) is 0 Å². The van der Waals surface area contributed by atoms with Gasteiger partial charge in [-0.3, -0.25) is 0 Å². The van der Waals surface area contributed by atoms with Gasteiger partial charge in [0, 0.05) is 0 Å². The van der Waals surface area contributed by atoms with E-state index in [0.29, 0.717) is 12.3 Å². The van der Waals surface area contributed by atoms with Crippen molar-refractivity contribution in [2.75, 3.05) is 0 Å². The van der Waals surface area contributed by atoms with E-state index in [1.54, 1.807) is 0 Å². The molecule has 2 heteroatoms. The maximum absolute atomic E-state index is 9.91. The fraction of sp³-hybridized carbons (Fsp3) is 0.895. The molecule has 0 heterocycles. The number of hydrogen-bond donors (Lipinski definition) is 2. The van der Waals surface area contributed by atoms with Crippen molar-refractivity contribution in [3.05, 3.63) is 12.2 Å². The van der Waals surface area contributed by atoms with Crippen molar-refractivity contribution in [3.63, 3.8) is 0 Å². The first-order valence-corrected chi connectivity index (χ1v) is 9.09. The van der Waals surface area contributed by atoms with Gasteiger partial charge in [-0.05, 0) is 25.2 Å². The van der Waals surface area contributed by atoms with E-state index >= 15 is 0 Å². The number of unbranched alkanes of at least 4 members (excludes halogenated alkanes) is 7. The standard InChI is InChI=1S/C19H38O2/c1-4-5-6-7-8-9-10-11-15-18(20)19(21)16-13-12-14-17(2)3/h12-13,17-21H,4-11,14-16H2,1-3H3/b13-12+/t18-,19-/m1/s1. The quantitative estimate of drug-likeness (QED) is 0.340. The normalized spacial score (nSPS) is 15.0. The molecule has 0 saturated heterocycles. The largest absolute Gasteiger partial charge is 0.390 e. The van der Waals surface area contributed by atoms with Crippen molar-refractivity contribution < 1.29 is 10.2 Å². The van der Waals surface area contributed by atoms with Gasteiger partial charge in [-0.2, -0.15) is 0 Å². The van der Waals surface area contributed by atoms with Crippen LogP contribution < -0.4 is 0 Å². The van der Waals surface area contributed by atoms with E-state index in [4.69, 9.17) is 0 Å². The highest BCUT2D eigenvalue weighted by Crippen LogP contribution is 2.13. The molecule has 0 amide bonds. The lowest BCUT2D eigenvalue weighted by molar-refractivity contribution is 0.0152. The van der Waals surface area contributed by atoms with E-state index < -0.39 is 12.2 Å². The van der Waals surface area contributed by atoms with Crippen molar-refractivity contribution in [3.8, 4) is 0 Å². The van der Waals surface area contributed by atoms with Crippen molar-refractivity contribution in [2.24, 2.45) is 5.92 Å². The zero-order valence-electron chi connectivity index (χ0n) is 14.6. The molecule has 0 aliphatic heterocycles. The van der Waals surface area contributed by atoms with E-state index in [9.17, 15) is 10.2 Å². The number of allylic oxidation sites excluding steroid dienone is 1. The van der Waals surface area contributed by atoms with Gasteiger partial charge in [0.25, 0.3) is 0 Å². The van der Waals surface area contributed by atoms with Gasteiger partial charge in [0.2, 0.25) is 0 Å². The zero-order chi connectivity index (χ0) is 15.9. The van der Waals surface area contributed by atoms with Crippen LogP contribution in [-0.2, 0) is 0 Å². The van der Waals surface area contributed by atoms with Crippen LogP contribution in [0.4, 0.5) is 0 Å². The first kappa shape index (κ1) is 20.7. The third-order valence-corrected chi connectivity index (χ3v) is 3.95. The summed E-state index contributed by atoms with van der Waals surface area (Å²) >= 11 is 0. The Morgan fingerprint density at radius 1 is 0.714 bits per heavy atom. The Kier molecular flexibility index (Phi) is 14.4. The first-order chi connectivity index (χ1) is 10.1. The number of rotatable bonds is 14. The van der Waals surface area contributed by atoms with Gasteiger partial charge in [0.15, 0.2) is 0 Å². The molecule has 0 aromatic rings. The smallest absolute Gasteiger partial charge is 0.0833 e. The van der Waals surface area contributed by atoms with Crippen LogP contribution >= 0.6 is 0 Å². The third kappa shape index (κ3) is 14.4. The molecule has 21 heavy (non-hydrogen) atoms. The van der Waals surface area contributed by atoms with Crippen LogP contribution in [0.1, 0.15) is 91.4 Å². The lowest BCUT2D eigenvalue weighted by Crippen LogP contribution is -2.25. The Hall–Kier alpha value is -0.340. The predicted octanol–water partition coefficient (Wildman–Crippen LogP) is 5.23. The average molecular weight is 299 g/mol. The molecule has 0 saturated carbocycles. The molecular weight excluding hydrogens is 260 g/mol. The molecule has 0 fully saturated rings. The van der Waals surface area contributed by atoms with Gasteiger partial charge in [-0.15, -0.1) is 0 Å². The number of aliphatic hydroxyl groups is 2. The highest BCUT2D eigenvalue weighted by molar-refractivity contribution is 4.86. The maximum atomic E-state index is 9.91. The Labute approximate surface area is 132 Å². The molecule has 126 valence electrons. The number of aliphatic hydroxyl groups excluding tert-OH is 2. The second-order valence-electron chi connectivity index (χ2n) is 6.73. The third-order valence-electron chi connectivity index (χ3n) is 3.95. The van der Waals surface area contributed by atoms with E-state index in [2.05, 4.69) is 26.8 Å². The molecule has 0 aliphatic rings. The summed E-state index contributed by atoms with van der Waals surface area (Å²) in [5, 5.41) is 19.8. The van der Waals surface area contributed by atoms with Crippen LogP contribution in [0.2, 0.25) is 0 Å². The van der Waals surface area contributed by atoms with Crippen LogP contribution in [0.3, 0.4) is 0 Å². The minimum atomic E-state index is -0.599. The molecule has 0 bridgehead atoms. The molecule has 0 radical (unpaired) electrons. The number of hydrogen-bond acceptors (Lipinski definition) is 2. The second kappa shape index (κ2) is 14.6. The fourth-order valence-electron chi connectivity index (χ4n) is 2.44. The second-order valence-corrected chi connectivity index (χ2v) is 6.73. The Bertz CT molecular complexity index is 236. The molecule has 0 aromatic heterocycles. The van der Waals surface area contributed by atoms with Crippen molar-refractivity contribution in [1.82, 2.24) is 0 Å². The molecule has 0 spiro atoms. The average Bonchev–Trinajstić information content (AvgIpc) is 2.45. The van der Waals surface area contributed by atoms with Crippen LogP contribution in [0.15, 0.2) is 12.2 Å². The lowest BCUT2D eigenvalue weighted by Gasteiger charge is -2.16. The molecule has 0 aromatic carbocycles. The topological polar surface area (TPSA) is 40.5 Å². The monoisotopic (exact) mass is 298 g/mol. The molecule has 2 nitrogen and oxygen atoms in total. The van der Waals surface area contributed by atoms with Crippen molar-refractivity contribution in [1.29, 1.82) is 0 Å². The fourth-order valence-corrected chi connectivity index (χ4v) is 2.44. The maximum Gasteiger partial charge on any atom is 0.0833 e. The highest BCUT2D eigenvalue weighted by atomic mass is 16.3. The van der Waals surface area contributed by atoms with E-state index in [1.807, 2.05) is 6.08 Å². The summed E-state index contributed by atoms with van der Waals surface area (Å²) in [6.45, 7) is 6.60. The summed E-state index contributed by atoms with van der Waals surface area (Å²) < 4.78 is 0. The van der Waals surface area contributed by atoms with Gasteiger partial charge in [-0.1, -0.05) is 84.3 Å². The van der Waals surface area contributed by atoms with E-state index in [0.717, 1.165) is 19.3 Å². The molecule has 0 rings (SSSR count). The predicted molar refractivity (Wildman–Crippen MR) is 92.5 cm³/mol. The van der Waals surface area contributed by atoms with Gasteiger partial charge < -0.3 is 10.2 Å². The summed E-state index contributed by atoms with van der Waals surface area (Å²) in [5.41, 5.74) is 0. The first-order valence-electron chi connectivity index (χ1n) is 9.09. The summed E-state index contributed by atoms with van der Waals surface area (Å²) in [6, 6.07) is 0. The SMILES string of the molecule is CCCCCCCCCC[C@@H](O)[C@H](O)C/C=C/CC(C)C. The van der Waals surface area contributed by atoms with Gasteiger partial charge in [-0.25, -0.2) is 0 Å². The van der Waals surface area contributed by atoms with Gasteiger partial charge in [0.05, 0.1) is 12.2 Å². The highest BCUT2D eigenvalue weighted by Gasteiger charge is 2.13. The van der Waals surface area contributed by atoms with Crippen molar-refractivity contribution >= 4 is 0 Å². The van der Waals surface area contributed by atoms with E-state index in [-0.39, 0.29) is 0 Å².